The van der Waals surface area contributed by atoms with Crippen LogP contribution in [0.15, 0.2) is 36.8 Å². The number of rotatable bonds is 3. The quantitative estimate of drug-likeness (QED) is 0.936. The molecule has 1 unspecified atom stereocenters. The van der Waals surface area contributed by atoms with E-state index >= 15 is 0 Å². The van der Waals surface area contributed by atoms with Crippen molar-refractivity contribution in [1.29, 1.82) is 0 Å². The Bertz CT molecular complexity index is 747. The molecule has 1 aliphatic heterocycles. The van der Waals surface area contributed by atoms with Crippen LogP contribution in [0.1, 0.15) is 47.2 Å². The van der Waals surface area contributed by atoms with Gasteiger partial charge in [-0.3, -0.25) is 9.78 Å². The number of nitrogens with one attached hydrogen (secondary N) is 1. The van der Waals surface area contributed by atoms with Crippen molar-refractivity contribution in [3.05, 3.63) is 53.5 Å². The van der Waals surface area contributed by atoms with Gasteiger partial charge < -0.3 is 10.2 Å². The highest BCUT2D eigenvalue weighted by Crippen LogP contribution is 2.22. The lowest BCUT2D eigenvalue weighted by Gasteiger charge is -2.33. The number of benzene rings is 1. The summed E-state index contributed by atoms with van der Waals surface area (Å²) in [5.41, 5.74) is 3.55. The first-order chi connectivity index (χ1) is 12.3. The van der Waals surface area contributed by atoms with Gasteiger partial charge in [-0.2, -0.15) is 0 Å². The van der Waals surface area contributed by atoms with Gasteiger partial charge in [-0.25, -0.2) is 4.98 Å². The fourth-order valence-electron chi connectivity index (χ4n) is 3.90. The molecule has 2 aromatic rings. The number of amides is 1. The standard InChI is InChI=1S/C20H24N4O/c25-20(17-8-7-15-4-1-2-5-16(15)12-17)23-18-6-3-11-24(14-18)19-13-21-9-10-22-19/h7-10,12-13,18H,1-6,11,14H2,(H,23,25). The number of hydrogen-bond donors (Lipinski definition) is 1. The van der Waals surface area contributed by atoms with Gasteiger partial charge in [0.15, 0.2) is 0 Å². The summed E-state index contributed by atoms with van der Waals surface area (Å²) in [4.78, 5) is 23.4. The van der Waals surface area contributed by atoms with E-state index in [0.29, 0.717) is 0 Å². The fraction of sp³-hybridized carbons (Fsp3) is 0.450. The Morgan fingerprint density at radius 3 is 2.84 bits per heavy atom. The molecule has 1 N–H and O–H groups in total. The van der Waals surface area contributed by atoms with Crippen LogP contribution in [0.2, 0.25) is 0 Å². The maximum atomic E-state index is 12.7. The number of carbonyl (C=O) groups excluding carboxylic acids is 1. The van der Waals surface area contributed by atoms with E-state index in [0.717, 1.165) is 50.2 Å². The molecular formula is C20H24N4O. The third-order valence-corrected chi connectivity index (χ3v) is 5.24. The fourth-order valence-corrected chi connectivity index (χ4v) is 3.90. The van der Waals surface area contributed by atoms with E-state index in [4.69, 9.17) is 0 Å². The molecule has 1 fully saturated rings. The average molecular weight is 336 g/mol. The first-order valence-corrected chi connectivity index (χ1v) is 9.23. The molecule has 1 aliphatic carbocycles. The highest BCUT2D eigenvalue weighted by molar-refractivity contribution is 5.94. The van der Waals surface area contributed by atoms with Crippen molar-refractivity contribution >= 4 is 11.7 Å². The number of hydrogen-bond acceptors (Lipinski definition) is 4. The second-order valence-electron chi connectivity index (χ2n) is 7.01. The lowest BCUT2D eigenvalue weighted by Crippen LogP contribution is -2.48. The van der Waals surface area contributed by atoms with Gasteiger partial charge in [0.2, 0.25) is 0 Å². The molecular weight excluding hydrogens is 312 g/mol. The zero-order chi connectivity index (χ0) is 17.1. The molecule has 1 aromatic carbocycles. The van der Waals surface area contributed by atoms with Crippen LogP contribution in [0.3, 0.4) is 0 Å². The molecule has 2 heterocycles. The SMILES string of the molecule is O=C(NC1CCCN(c2cnccn2)C1)c1ccc2c(c1)CCCC2. The summed E-state index contributed by atoms with van der Waals surface area (Å²) in [7, 11) is 0. The Balaban J connectivity index is 1.42. The zero-order valence-corrected chi connectivity index (χ0v) is 14.4. The number of piperidine rings is 1. The molecule has 5 heteroatoms. The monoisotopic (exact) mass is 336 g/mol. The third kappa shape index (κ3) is 3.65. The zero-order valence-electron chi connectivity index (χ0n) is 14.4. The number of aromatic nitrogens is 2. The van der Waals surface area contributed by atoms with Gasteiger partial charge in [0.25, 0.3) is 5.91 Å². The van der Waals surface area contributed by atoms with E-state index in [1.807, 2.05) is 6.07 Å². The second kappa shape index (κ2) is 7.21. The van der Waals surface area contributed by atoms with Crippen LogP contribution >= 0.6 is 0 Å². The molecule has 1 amide bonds. The maximum absolute atomic E-state index is 12.7. The Morgan fingerprint density at radius 1 is 1.12 bits per heavy atom. The van der Waals surface area contributed by atoms with E-state index in [1.165, 1.54) is 24.0 Å². The van der Waals surface area contributed by atoms with Crippen molar-refractivity contribution in [3.63, 3.8) is 0 Å². The summed E-state index contributed by atoms with van der Waals surface area (Å²) < 4.78 is 0. The van der Waals surface area contributed by atoms with E-state index in [9.17, 15) is 4.79 Å². The minimum atomic E-state index is 0.0411. The summed E-state index contributed by atoms with van der Waals surface area (Å²) in [5.74, 6) is 0.926. The lowest BCUT2D eigenvalue weighted by atomic mass is 9.90. The molecule has 1 saturated heterocycles. The van der Waals surface area contributed by atoms with Crippen molar-refractivity contribution in [1.82, 2.24) is 15.3 Å². The molecule has 25 heavy (non-hydrogen) atoms. The van der Waals surface area contributed by atoms with Gasteiger partial charge in [-0.05, 0) is 61.8 Å². The number of fused-ring (bicyclic) bond motifs is 1. The lowest BCUT2D eigenvalue weighted by molar-refractivity contribution is 0.0933. The first-order valence-electron chi connectivity index (χ1n) is 9.23. The predicted molar refractivity (Wildman–Crippen MR) is 97.8 cm³/mol. The van der Waals surface area contributed by atoms with Gasteiger partial charge in [-0.15, -0.1) is 0 Å². The van der Waals surface area contributed by atoms with E-state index in [1.54, 1.807) is 18.6 Å². The van der Waals surface area contributed by atoms with Crippen molar-refractivity contribution in [2.75, 3.05) is 18.0 Å². The van der Waals surface area contributed by atoms with Crippen LogP contribution in [0.4, 0.5) is 5.82 Å². The minimum Gasteiger partial charge on any atom is -0.353 e. The molecule has 0 bridgehead atoms. The van der Waals surface area contributed by atoms with Crippen LogP contribution < -0.4 is 10.2 Å². The Morgan fingerprint density at radius 2 is 2.00 bits per heavy atom. The second-order valence-corrected chi connectivity index (χ2v) is 7.01. The molecule has 1 aromatic heterocycles. The highest BCUT2D eigenvalue weighted by atomic mass is 16.1. The summed E-state index contributed by atoms with van der Waals surface area (Å²) in [6, 6.07) is 6.35. The molecule has 0 saturated carbocycles. The van der Waals surface area contributed by atoms with Gasteiger partial charge in [-0.1, -0.05) is 6.07 Å². The maximum Gasteiger partial charge on any atom is 0.251 e. The third-order valence-electron chi connectivity index (χ3n) is 5.24. The summed E-state index contributed by atoms with van der Waals surface area (Å²) >= 11 is 0. The van der Waals surface area contributed by atoms with Gasteiger partial charge in [0.1, 0.15) is 5.82 Å². The molecule has 1 atom stereocenters. The number of aryl methyl sites for hydroxylation is 2. The largest absolute Gasteiger partial charge is 0.353 e. The molecule has 5 nitrogen and oxygen atoms in total. The molecule has 4 rings (SSSR count). The van der Waals surface area contributed by atoms with Crippen molar-refractivity contribution < 1.29 is 4.79 Å². The van der Waals surface area contributed by atoms with Gasteiger partial charge in [0.05, 0.1) is 6.20 Å². The Labute approximate surface area is 148 Å². The number of carbonyl (C=O) groups is 1. The van der Waals surface area contributed by atoms with Crippen LogP contribution in [0.25, 0.3) is 0 Å². The van der Waals surface area contributed by atoms with Crippen LogP contribution in [0.5, 0.6) is 0 Å². The van der Waals surface area contributed by atoms with Crippen LogP contribution in [-0.2, 0) is 12.8 Å². The first kappa shape index (κ1) is 16.1. The highest BCUT2D eigenvalue weighted by Gasteiger charge is 2.23. The predicted octanol–water partition coefficient (Wildman–Crippen LogP) is 2.75. The van der Waals surface area contributed by atoms with Crippen molar-refractivity contribution in [2.45, 2.75) is 44.6 Å². The average Bonchev–Trinajstić information content (AvgIpc) is 2.68. The van der Waals surface area contributed by atoms with E-state index in [2.05, 4.69) is 32.3 Å². The van der Waals surface area contributed by atoms with Gasteiger partial charge >= 0.3 is 0 Å². The van der Waals surface area contributed by atoms with Crippen molar-refractivity contribution in [2.24, 2.45) is 0 Å². The smallest absolute Gasteiger partial charge is 0.251 e. The number of nitrogens with zero attached hydrogens (tertiary/aromatic N) is 3. The summed E-state index contributed by atoms with van der Waals surface area (Å²) in [6.07, 6.45) is 12.0. The van der Waals surface area contributed by atoms with Crippen molar-refractivity contribution in [3.8, 4) is 0 Å². The molecule has 0 radical (unpaired) electrons. The van der Waals surface area contributed by atoms with E-state index < -0.39 is 0 Å². The normalized spacial score (nSPS) is 20.0. The Hall–Kier alpha value is -2.43. The number of anilines is 1. The van der Waals surface area contributed by atoms with E-state index in [-0.39, 0.29) is 11.9 Å². The Kier molecular flexibility index (Phi) is 4.63. The van der Waals surface area contributed by atoms with Gasteiger partial charge in [0, 0.05) is 37.1 Å². The molecule has 2 aliphatic rings. The summed E-state index contributed by atoms with van der Waals surface area (Å²) in [6.45, 7) is 1.75. The van der Waals surface area contributed by atoms with Crippen LogP contribution in [-0.4, -0.2) is 35.0 Å². The van der Waals surface area contributed by atoms with Crippen LogP contribution in [0, 0.1) is 0 Å². The minimum absolute atomic E-state index is 0.0411. The molecule has 130 valence electrons. The summed E-state index contributed by atoms with van der Waals surface area (Å²) in [5, 5.41) is 3.21. The molecule has 0 spiro atoms. The topological polar surface area (TPSA) is 58.1 Å².